The van der Waals surface area contributed by atoms with Gasteiger partial charge in [0.25, 0.3) is 5.91 Å². The third-order valence-corrected chi connectivity index (χ3v) is 3.26. The molecule has 5 nitrogen and oxygen atoms in total. The molecule has 2 heterocycles. The number of carbonyl (C=O) groups excluding carboxylic acids is 1. The molecule has 0 radical (unpaired) electrons. The quantitative estimate of drug-likeness (QED) is 0.796. The number of hydrogen-bond acceptors (Lipinski definition) is 4. The van der Waals surface area contributed by atoms with Crippen LogP contribution < -0.4 is 5.32 Å². The van der Waals surface area contributed by atoms with Gasteiger partial charge < -0.3 is 14.3 Å². The lowest BCUT2D eigenvalue weighted by Gasteiger charge is -2.05. The van der Waals surface area contributed by atoms with E-state index in [2.05, 4.69) is 10.5 Å². The van der Waals surface area contributed by atoms with Crippen molar-refractivity contribution in [2.24, 2.45) is 0 Å². The van der Waals surface area contributed by atoms with Crippen LogP contribution in [0.25, 0.3) is 11.5 Å². The minimum atomic E-state index is -0.679. The SMILES string of the molecule is O=C(NCc1cc(-c2ccco2)on1)c1c(F)cccc1Cl. The minimum absolute atomic E-state index is 0.0499. The van der Waals surface area contributed by atoms with Crippen LogP contribution in [-0.2, 0) is 6.54 Å². The molecular formula is C15H10ClFN2O3. The zero-order chi connectivity index (χ0) is 15.5. The lowest BCUT2D eigenvalue weighted by molar-refractivity contribution is 0.0946. The highest BCUT2D eigenvalue weighted by molar-refractivity contribution is 6.33. The topological polar surface area (TPSA) is 68.3 Å². The number of aromatic nitrogens is 1. The molecule has 112 valence electrons. The van der Waals surface area contributed by atoms with Gasteiger partial charge in [-0.15, -0.1) is 0 Å². The Labute approximate surface area is 129 Å². The van der Waals surface area contributed by atoms with Crippen molar-refractivity contribution in [1.82, 2.24) is 10.5 Å². The van der Waals surface area contributed by atoms with Gasteiger partial charge in [0.2, 0.25) is 5.76 Å². The molecule has 0 bridgehead atoms. The molecule has 3 aromatic rings. The van der Waals surface area contributed by atoms with Crippen LogP contribution in [0, 0.1) is 5.82 Å². The van der Waals surface area contributed by atoms with Crippen LogP contribution in [-0.4, -0.2) is 11.1 Å². The van der Waals surface area contributed by atoms with Crippen LogP contribution in [0.1, 0.15) is 16.1 Å². The largest absolute Gasteiger partial charge is 0.461 e. The summed E-state index contributed by atoms with van der Waals surface area (Å²) in [5.74, 6) is -0.326. The van der Waals surface area contributed by atoms with Crippen molar-refractivity contribution >= 4 is 17.5 Å². The Balaban J connectivity index is 1.69. The van der Waals surface area contributed by atoms with E-state index in [0.717, 1.165) is 0 Å². The second-order valence-corrected chi connectivity index (χ2v) is 4.85. The third kappa shape index (κ3) is 2.87. The van der Waals surface area contributed by atoms with Gasteiger partial charge in [-0.25, -0.2) is 4.39 Å². The summed E-state index contributed by atoms with van der Waals surface area (Å²) in [7, 11) is 0. The molecule has 0 unspecified atom stereocenters. The van der Waals surface area contributed by atoms with Crippen molar-refractivity contribution in [2.75, 3.05) is 0 Å². The predicted octanol–water partition coefficient (Wildman–Crippen LogP) is 3.66. The first-order valence-electron chi connectivity index (χ1n) is 6.37. The number of benzene rings is 1. The maximum absolute atomic E-state index is 13.6. The Morgan fingerprint density at radius 3 is 2.86 bits per heavy atom. The van der Waals surface area contributed by atoms with Gasteiger partial charge in [0.05, 0.1) is 23.4 Å². The number of hydrogen-bond donors (Lipinski definition) is 1. The minimum Gasteiger partial charge on any atom is -0.461 e. The molecule has 0 fully saturated rings. The van der Waals surface area contributed by atoms with Crippen molar-refractivity contribution in [3.63, 3.8) is 0 Å². The van der Waals surface area contributed by atoms with Gasteiger partial charge in [0, 0.05) is 6.07 Å². The zero-order valence-electron chi connectivity index (χ0n) is 11.2. The number of rotatable bonds is 4. The molecule has 0 spiro atoms. The maximum atomic E-state index is 13.6. The smallest absolute Gasteiger partial charge is 0.256 e. The first-order valence-corrected chi connectivity index (χ1v) is 6.74. The average Bonchev–Trinajstić information content (AvgIpc) is 3.16. The highest BCUT2D eigenvalue weighted by Gasteiger charge is 2.16. The molecule has 1 N–H and O–H groups in total. The van der Waals surface area contributed by atoms with Crippen molar-refractivity contribution in [3.8, 4) is 11.5 Å². The molecule has 0 aliphatic heterocycles. The fraction of sp³-hybridized carbons (Fsp3) is 0.0667. The molecule has 0 saturated carbocycles. The number of carbonyl (C=O) groups is 1. The van der Waals surface area contributed by atoms with Gasteiger partial charge in [-0.2, -0.15) is 0 Å². The number of amides is 1. The Hall–Kier alpha value is -2.60. The summed E-state index contributed by atoms with van der Waals surface area (Å²) in [6.07, 6.45) is 1.51. The van der Waals surface area contributed by atoms with Crippen LogP contribution in [0.5, 0.6) is 0 Å². The zero-order valence-corrected chi connectivity index (χ0v) is 11.9. The lowest BCUT2D eigenvalue weighted by atomic mass is 10.2. The summed E-state index contributed by atoms with van der Waals surface area (Å²) in [4.78, 5) is 12.0. The van der Waals surface area contributed by atoms with E-state index in [4.69, 9.17) is 20.5 Å². The van der Waals surface area contributed by atoms with E-state index >= 15 is 0 Å². The fourth-order valence-corrected chi connectivity index (χ4v) is 2.15. The van der Waals surface area contributed by atoms with E-state index < -0.39 is 11.7 Å². The van der Waals surface area contributed by atoms with Gasteiger partial charge in [-0.05, 0) is 24.3 Å². The van der Waals surface area contributed by atoms with Crippen LogP contribution in [0.2, 0.25) is 5.02 Å². The van der Waals surface area contributed by atoms with E-state index in [1.54, 1.807) is 18.2 Å². The second-order valence-electron chi connectivity index (χ2n) is 4.44. The first-order chi connectivity index (χ1) is 10.6. The van der Waals surface area contributed by atoms with E-state index in [9.17, 15) is 9.18 Å². The molecule has 0 aliphatic rings. The summed E-state index contributed by atoms with van der Waals surface area (Å²) >= 11 is 5.83. The van der Waals surface area contributed by atoms with Gasteiger partial charge in [-0.1, -0.05) is 22.8 Å². The van der Waals surface area contributed by atoms with Crippen LogP contribution in [0.3, 0.4) is 0 Å². The molecule has 3 rings (SSSR count). The number of furan rings is 1. The standard InChI is InChI=1S/C15H10ClFN2O3/c16-10-3-1-4-11(17)14(10)15(20)18-8-9-7-13(22-19-9)12-5-2-6-21-12/h1-7H,8H2,(H,18,20). The molecule has 22 heavy (non-hydrogen) atoms. The van der Waals surface area contributed by atoms with E-state index in [0.29, 0.717) is 17.2 Å². The number of halogens is 2. The predicted molar refractivity (Wildman–Crippen MR) is 76.8 cm³/mol. The molecular weight excluding hydrogens is 311 g/mol. The van der Waals surface area contributed by atoms with Crippen LogP contribution >= 0.6 is 11.6 Å². The molecule has 1 aromatic carbocycles. The summed E-state index contributed by atoms with van der Waals surface area (Å²) in [5.41, 5.74) is 0.283. The van der Waals surface area contributed by atoms with Gasteiger partial charge in [0.15, 0.2) is 5.76 Å². The first kappa shape index (κ1) is 14.3. The van der Waals surface area contributed by atoms with Gasteiger partial charge in [0.1, 0.15) is 11.5 Å². The Morgan fingerprint density at radius 2 is 2.14 bits per heavy atom. The third-order valence-electron chi connectivity index (χ3n) is 2.94. The fourth-order valence-electron chi connectivity index (χ4n) is 1.90. The second kappa shape index (κ2) is 6.03. The van der Waals surface area contributed by atoms with Crippen LogP contribution in [0.15, 0.2) is 51.6 Å². The van der Waals surface area contributed by atoms with Crippen molar-refractivity contribution in [1.29, 1.82) is 0 Å². The van der Waals surface area contributed by atoms with Crippen LogP contribution in [0.4, 0.5) is 4.39 Å². The molecule has 7 heteroatoms. The highest BCUT2D eigenvalue weighted by Crippen LogP contribution is 2.21. The monoisotopic (exact) mass is 320 g/mol. The summed E-state index contributed by atoms with van der Waals surface area (Å²) < 4.78 is 23.9. The van der Waals surface area contributed by atoms with Gasteiger partial charge >= 0.3 is 0 Å². The number of nitrogens with one attached hydrogen (secondary N) is 1. The molecule has 0 atom stereocenters. The van der Waals surface area contributed by atoms with Crippen molar-refractivity contribution in [2.45, 2.75) is 6.54 Å². The number of nitrogens with zero attached hydrogens (tertiary/aromatic N) is 1. The summed E-state index contributed by atoms with van der Waals surface area (Å²) in [5, 5.41) is 6.40. The Bertz CT molecular complexity index is 779. The Morgan fingerprint density at radius 1 is 1.27 bits per heavy atom. The van der Waals surface area contributed by atoms with Crippen molar-refractivity contribution in [3.05, 3.63) is 64.8 Å². The highest BCUT2D eigenvalue weighted by atomic mass is 35.5. The van der Waals surface area contributed by atoms with E-state index in [1.807, 2.05) is 0 Å². The van der Waals surface area contributed by atoms with Gasteiger partial charge in [-0.3, -0.25) is 4.79 Å². The average molecular weight is 321 g/mol. The lowest BCUT2D eigenvalue weighted by Crippen LogP contribution is -2.24. The maximum Gasteiger partial charge on any atom is 0.256 e. The molecule has 0 saturated heterocycles. The summed E-state index contributed by atoms with van der Waals surface area (Å²) in [6.45, 7) is 0.0771. The molecule has 2 aromatic heterocycles. The summed E-state index contributed by atoms with van der Waals surface area (Å²) in [6, 6.07) is 9.13. The van der Waals surface area contributed by atoms with Crippen molar-refractivity contribution < 1.29 is 18.1 Å². The normalized spacial score (nSPS) is 10.6. The molecule has 0 aliphatic carbocycles. The van der Waals surface area contributed by atoms with E-state index in [-0.39, 0.29) is 17.1 Å². The van der Waals surface area contributed by atoms with E-state index in [1.165, 1.54) is 24.5 Å². The molecule has 1 amide bonds. The Kier molecular flexibility index (Phi) is 3.93.